The first kappa shape index (κ1) is 25.2. The van der Waals surface area contributed by atoms with Crippen molar-refractivity contribution < 1.29 is 23.7 Å². The van der Waals surface area contributed by atoms with E-state index in [1.807, 2.05) is 24.3 Å². The van der Waals surface area contributed by atoms with Crippen LogP contribution in [0.2, 0.25) is 0 Å². The Bertz CT molecular complexity index is 1540. The van der Waals surface area contributed by atoms with Gasteiger partial charge in [0.1, 0.15) is 16.5 Å². The number of methoxy groups -OCH3 is 2. The third kappa shape index (κ3) is 4.78. The molecule has 4 aromatic rings. The summed E-state index contributed by atoms with van der Waals surface area (Å²) in [4.78, 5) is 28.4. The molecule has 4 N–H and O–H groups in total. The molecule has 0 aliphatic carbocycles. The van der Waals surface area contributed by atoms with Crippen molar-refractivity contribution in [2.75, 3.05) is 21.0 Å². The first-order chi connectivity index (χ1) is 18.4. The zero-order valence-electron chi connectivity index (χ0n) is 20.6. The maximum Gasteiger partial charge on any atom is 0.350 e. The first-order valence-electron chi connectivity index (χ1n) is 11.6. The molecule has 12 heteroatoms. The summed E-state index contributed by atoms with van der Waals surface area (Å²) < 4.78 is 22.8. The number of nitrogen functional groups attached to an aromatic ring is 1. The van der Waals surface area contributed by atoms with Crippen molar-refractivity contribution in [3.63, 3.8) is 0 Å². The van der Waals surface area contributed by atoms with Crippen LogP contribution in [0.25, 0.3) is 5.69 Å². The third-order valence-corrected chi connectivity index (χ3v) is 7.12. The molecule has 1 unspecified atom stereocenters. The van der Waals surface area contributed by atoms with E-state index in [4.69, 9.17) is 30.1 Å². The number of aromatic amines is 1. The lowest BCUT2D eigenvalue weighted by molar-refractivity contribution is -0.0180. The molecule has 1 aliphatic heterocycles. The van der Waals surface area contributed by atoms with Gasteiger partial charge in [-0.2, -0.15) is 4.68 Å². The smallest absolute Gasteiger partial charge is 0.350 e. The number of nitrogens with two attached hydrogens (primary N) is 1. The second-order valence-corrected chi connectivity index (χ2v) is 9.46. The maximum atomic E-state index is 13.1. The fourth-order valence-corrected chi connectivity index (χ4v) is 5.15. The SMILES string of the molecule is COC(=O)c1sccc1-n1nc(C(Cc2ccc(C(=N)N)cc2)c2cc3c(c(OC)c2)OCOC3)[nH]c1=O. The molecule has 11 nitrogen and oxygen atoms in total. The number of nitrogens with zero attached hydrogens (tertiary/aromatic N) is 2. The molecule has 0 fully saturated rings. The van der Waals surface area contributed by atoms with Crippen LogP contribution in [0.15, 0.2) is 52.6 Å². The minimum absolute atomic E-state index is 0.0206. The largest absolute Gasteiger partial charge is 0.493 e. The summed E-state index contributed by atoms with van der Waals surface area (Å²) in [5, 5.41) is 14.0. The number of amidine groups is 1. The Kier molecular flexibility index (Phi) is 6.99. The number of hydrogen-bond acceptors (Lipinski definition) is 9. The molecule has 1 atom stereocenters. The summed E-state index contributed by atoms with van der Waals surface area (Å²) >= 11 is 1.17. The number of benzene rings is 2. The van der Waals surface area contributed by atoms with Crippen molar-refractivity contribution >= 4 is 23.1 Å². The Morgan fingerprint density at radius 2 is 2.05 bits per heavy atom. The summed E-state index contributed by atoms with van der Waals surface area (Å²) in [6.07, 6.45) is 0.461. The quantitative estimate of drug-likeness (QED) is 0.177. The van der Waals surface area contributed by atoms with Gasteiger partial charge in [0.25, 0.3) is 0 Å². The average molecular weight is 536 g/mol. The zero-order chi connectivity index (χ0) is 26.8. The molecule has 0 saturated heterocycles. The van der Waals surface area contributed by atoms with Crippen LogP contribution >= 0.6 is 11.3 Å². The lowest BCUT2D eigenvalue weighted by Crippen LogP contribution is -2.17. The van der Waals surface area contributed by atoms with E-state index < -0.39 is 17.6 Å². The van der Waals surface area contributed by atoms with Crippen molar-refractivity contribution in [3.8, 4) is 17.2 Å². The molecule has 0 spiro atoms. The molecule has 3 heterocycles. The van der Waals surface area contributed by atoms with Crippen LogP contribution < -0.4 is 20.9 Å². The predicted octanol–water partition coefficient (Wildman–Crippen LogP) is 2.94. The standard InChI is InChI=1S/C26H25N5O6S/c1-34-20-11-16(10-17-12-36-13-37-21(17)20)18(9-14-3-5-15(6-4-14)23(27)28)24-29-26(33)31(30-24)19-7-8-38-22(19)25(32)35-2/h3-8,10-11,18H,9,12-13H2,1-2H3,(H3,27,28)(H,29,30,33). The van der Waals surface area contributed by atoms with Crippen LogP contribution in [0.3, 0.4) is 0 Å². The van der Waals surface area contributed by atoms with Crippen LogP contribution in [0.1, 0.15) is 43.7 Å². The molecule has 0 bridgehead atoms. The van der Waals surface area contributed by atoms with Crippen molar-refractivity contribution in [2.45, 2.75) is 18.9 Å². The number of nitrogens with one attached hydrogen (secondary N) is 2. The third-order valence-electron chi connectivity index (χ3n) is 6.23. The van der Waals surface area contributed by atoms with Gasteiger partial charge >= 0.3 is 11.7 Å². The van der Waals surface area contributed by atoms with Gasteiger partial charge in [-0.15, -0.1) is 16.4 Å². The molecule has 0 saturated carbocycles. The topological polar surface area (TPSA) is 155 Å². The number of aromatic nitrogens is 3. The van der Waals surface area contributed by atoms with Gasteiger partial charge in [-0.3, -0.25) is 10.4 Å². The fourth-order valence-electron chi connectivity index (χ4n) is 4.36. The van der Waals surface area contributed by atoms with Crippen molar-refractivity contribution in [3.05, 3.63) is 91.3 Å². The van der Waals surface area contributed by atoms with Crippen LogP contribution in [-0.2, 0) is 22.5 Å². The van der Waals surface area contributed by atoms with E-state index in [2.05, 4.69) is 10.1 Å². The van der Waals surface area contributed by atoms with Gasteiger partial charge in [0.05, 0.1) is 26.5 Å². The molecule has 0 amide bonds. The highest BCUT2D eigenvalue weighted by Crippen LogP contribution is 2.39. The van der Waals surface area contributed by atoms with E-state index in [1.165, 1.54) is 23.1 Å². The number of hydrogen-bond donors (Lipinski definition) is 3. The lowest BCUT2D eigenvalue weighted by Gasteiger charge is -2.23. The average Bonchev–Trinajstić information content (AvgIpc) is 3.57. The number of rotatable bonds is 8. The first-order valence-corrected chi connectivity index (χ1v) is 12.5. The molecule has 1 aliphatic rings. The second-order valence-electron chi connectivity index (χ2n) is 8.54. The highest BCUT2D eigenvalue weighted by molar-refractivity contribution is 7.12. The summed E-state index contributed by atoms with van der Waals surface area (Å²) in [6, 6.07) is 12.8. The Balaban J connectivity index is 1.61. The van der Waals surface area contributed by atoms with E-state index in [-0.39, 0.29) is 17.5 Å². The molecule has 5 rings (SSSR count). The van der Waals surface area contributed by atoms with Gasteiger partial charge < -0.3 is 24.7 Å². The number of carbonyl (C=O) groups excluding carboxylic acids is 1. The predicted molar refractivity (Wildman–Crippen MR) is 140 cm³/mol. The Morgan fingerprint density at radius 3 is 2.76 bits per heavy atom. The maximum absolute atomic E-state index is 13.1. The van der Waals surface area contributed by atoms with E-state index in [9.17, 15) is 9.59 Å². The van der Waals surface area contributed by atoms with Crippen LogP contribution in [-0.4, -0.2) is 47.6 Å². The van der Waals surface area contributed by atoms with E-state index >= 15 is 0 Å². The fraction of sp³-hybridized carbons (Fsp3) is 0.231. The number of H-pyrrole nitrogens is 1. The van der Waals surface area contributed by atoms with Crippen molar-refractivity contribution in [2.24, 2.45) is 5.73 Å². The molecular weight excluding hydrogens is 510 g/mol. The van der Waals surface area contributed by atoms with Crippen LogP contribution in [0.4, 0.5) is 0 Å². The summed E-state index contributed by atoms with van der Waals surface area (Å²) in [5.41, 5.74) is 8.65. The molecule has 196 valence electrons. The van der Waals surface area contributed by atoms with Gasteiger partial charge in [-0.05, 0) is 41.1 Å². The van der Waals surface area contributed by atoms with Crippen molar-refractivity contribution in [1.29, 1.82) is 5.41 Å². The summed E-state index contributed by atoms with van der Waals surface area (Å²) in [7, 11) is 2.85. The molecule has 0 radical (unpaired) electrons. The van der Waals surface area contributed by atoms with Gasteiger partial charge in [-0.25, -0.2) is 9.59 Å². The van der Waals surface area contributed by atoms with Gasteiger partial charge in [-0.1, -0.05) is 24.3 Å². The molecule has 38 heavy (non-hydrogen) atoms. The van der Waals surface area contributed by atoms with E-state index in [0.29, 0.717) is 41.6 Å². The minimum Gasteiger partial charge on any atom is -0.493 e. The van der Waals surface area contributed by atoms with E-state index in [1.54, 1.807) is 30.7 Å². The lowest BCUT2D eigenvalue weighted by atomic mass is 9.89. The summed E-state index contributed by atoms with van der Waals surface area (Å²) in [6.45, 7) is 0.484. The molecular formula is C26H25N5O6S. The second kappa shape index (κ2) is 10.5. The molecule has 2 aromatic heterocycles. The number of fused-ring (bicyclic) bond motifs is 1. The number of esters is 1. The van der Waals surface area contributed by atoms with E-state index in [0.717, 1.165) is 16.7 Å². The highest BCUT2D eigenvalue weighted by Gasteiger charge is 2.27. The number of ether oxygens (including phenoxy) is 4. The normalized spacial score (nSPS) is 13.3. The Labute approximate surface area is 221 Å². The summed E-state index contributed by atoms with van der Waals surface area (Å²) in [5.74, 6) is 0.582. The highest BCUT2D eigenvalue weighted by atomic mass is 32.1. The van der Waals surface area contributed by atoms with Crippen molar-refractivity contribution in [1.82, 2.24) is 14.8 Å². The van der Waals surface area contributed by atoms with Crippen LogP contribution in [0, 0.1) is 5.41 Å². The minimum atomic E-state index is -0.548. The Morgan fingerprint density at radius 1 is 1.26 bits per heavy atom. The van der Waals surface area contributed by atoms with Gasteiger partial charge in [0.15, 0.2) is 18.3 Å². The number of thiophene rings is 1. The van der Waals surface area contributed by atoms with Crippen LogP contribution in [0.5, 0.6) is 11.5 Å². The van der Waals surface area contributed by atoms with Gasteiger partial charge in [0, 0.05) is 17.0 Å². The number of carbonyl (C=O) groups is 1. The van der Waals surface area contributed by atoms with Gasteiger partial charge in [0.2, 0.25) is 0 Å². The molecule has 2 aromatic carbocycles. The zero-order valence-corrected chi connectivity index (χ0v) is 21.5. The Hall–Kier alpha value is -4.42. The monoisotopic (exact) mass is 535 g/mol.